The zero-order valence-corrected chi connectivity index (χ0v) is 38.6. The SMILES string of the molecule is C=C(C(N=C(CC)OC)C(C)C)N1CCCC1C1=Nc2ccc(-c3ccc(-c4ccc5c(c4)CCCC(C4CCCN4C(=O)C(NC(S)OC)C(C)C)=N5)s3)cc2CCC1. The summed E-state index contributed by atoms with van der Waals surface area (Å²) < 4.78 is 10.9. The van der Waals surface area contributed by atoms with E-state index in [-0.39, 0.29) is 36.0 Å². The van der Waals surface area contributed by atoms with Crippen molar-refractivity contribution in [2.75, 3.05) is 27.3 Å². The number of aryl methyl sites for hydroxylation is 2. The number of nitrogens with zero attached hydrogens (tertiary/aromatic N) is 5. The molecule has 5 heterocycles. The highest BCUT2D eigenvalue weighted by Gasteiger charge is 2.38. The molecular weight excluding hydrogens is 785 g/mol. The van der Waals surface area contributed by atoms with Gasteiger partial charge in [-0.1, -0.05) is 53.3 Å². The Morgan fingerprint density at radius 1 is 0.833 bits per heavy atom. The van der Waals surface area contributed by atoms with Gasteiger partial charge in [0.1, 0.15) is 0 Å². The molecule has 0 spiro atoms. The summed E-state index contributed by atoms with van der Waals surface area (Å²) in [4.78, 5) is 36.7. The first-order valence-electron chi connectivity index (χ1n) is 22.3. The fraction of sp³-hybridized carbons (Fsp3) is 0.551. The van der Waals surface area contributed by atoms with Crippen LogP contribution in [0.3, 0.4) is 0 Å². The molecule has 7 rings (SSSR count). The summed E-state index contributed by atoms with van der Waals surface area (Å²) in [6, 6.07) is 18.1. The van der Waals surface area contributed by atoms with Crippen molar-refractivity contribution in [3.05, 3.63) is 71.9 Å². The number of amides is 1. The summed E-state index contributed by atoms with van der Waals surface area (Å²) in [5, 5.41) is 3.27. The minimum absolute atomic E-state index is 0.00865. The standard InChI is InChI=1S/C49H66N6O3S2/c1-9-45(57-7)52-46(30(2)3)32(6)54-26-12-18-41(54)39-16-10-14-33-28-35(20-22-37(33)50-39)43-24-25-44(60-43)36-21-23-38-34(29-36)15-11-17-40(51-38)42-19-13-27-55(42)48(56)47(31(4)5)53-49(59)58-8/h20-25,28-31,41-42,46-47,49,53,59H,6,9-19,26-27H2,1-5,7-8H3. The predicted octanol–water partition coefficient (Wildman–Crippen LogP) is 10.8. The molecule has 0 radical (unpaired) electrons. The van der Waals surface area contributed by atoms with Gasteiger partial charge in [-0.15, -0.1) is 24.0 Å². The van der Waals surface area contributed by atoms with Crippen LogP contribution in [-0.2, 0) is 27.1 Å². The van der Waals surface area contributed by atoms with Gasteiger partial charge < -0.3 is 19.3 Å². The summed E-state index contributed by atoms with van der Waals surface area (Å²) in [5.74, 6) is 1.33. The van der Waals surface area contributed by atoms with Crippen LogP contribution in [0.4, 0.5) is 11.4 Å². The zero-order chi connectivity index (χ0) is 42.5. The Hall–Kier alpha value is -3.77. The van der Waals surface area contributed by atoms with Gasteiger partial charge in [-0.3, -0.25) is 20.1 Å². The molecule has 0 aliphatic carbocycles. The lowest BCUT2D eigenvalue weighted by Crippen LogP contribution is -2.54. The third-order valence-corrected chi connectivity index (χ3v) is 14.4. The topological polar surface area (TPSA) is 91.1 Å². The maximum absolute atomic E-state index is 13.9. The van der Waals surface area contributed by atoms with Crippen LogP contribution in [0.25, 0.3) is 20.9 Å². The van der Waals surface area contributed by atoms with Crippen LogP contribution >= 0.6 is 24.0 Å². The van der Waals surface area contributed by atoms with Crippen LogP contribution in [0.2, 0.25) is 0 Å². The molecule has 0 bridgehead atoms. The Morgan fingerprint density at radius 3 is 1.88 bits per heavy atom. The Bertz CT molecular complexity index is 2100. The number of hydrogen-bond donors (Lipinski definition) is 2. The first kappa shape index (κ1) is 44.3. The van der Waals surface area contributed by atoms with Crippen molar-refractivity contribution in [1.29, 1.82) is 0 Å². The van der Waals surface area contributed by atoms with Gasteiger partial charge in [0.15, 0.2) is 11.5 Å². The Morgan fingerprint density at radius 2 is 1.38 bits per heavy atom. The maximum Gasteiger partial charge on any atom is 0.240 e. The van der Waals surface area contributed by atoms with Crippen molar-refractivity contribution >= 4 is 58.6 Å². The van der Waals surface area contributed by atoms with Gasteiger partial charge in [-0.05, 0) is 135 Å². The summed E-state index contributed by atoms with van der Waals surface area (Å²) in [5.41, 5.74) is 10.2. The molecule has 1 amide bonds. The maximum atomic E-state index is 13.9. The van der Waals surface area contributed by atoms with E-state index in [1.165, 1.54) is 37.7 Å². The normalized spacial score (nSPS) is 21.2. The van der Waals surface area contributed by atoms with E-state index in [1.54, 1.807) is 14.2 Å². The van der Waals surface area contributed by atoms with Gasteiger partial charge in [0, 0.05) is 53.5 Å². The Kier molecular flexibility index (Phi) is 14.7. The third kappa shape index (κ3) is 9.80. The average Bonchev–Trinajstić information content (AvgIpc) is 4.00. The number of likely N-dealkylation sites (tertiary alicyclic amines) is 2. The van der Waals surface area contributed by atoms with Crippen LogP contribution in [0.15, 0.2) is 75.8 Å². The number of benzene rings is 2. The van der Waals surface area contributed by atoms with Gasteiger partial charge in [0.2, 0.25) is 5.91 Å². The average molecular weight is 851 g/mol. The first-order chi connectivity index (χ1) is 29.0. The molecule has 2 saturated heterocycles. The third-order valence-electron chi connectivity index (χ3n) is 12.8. The number of rotatable bonds is 14. The highest BCUT2D eigenvalue weighted by molar-refractivity contribution is 7.80. The van der Waals surface area contributed by atoms with Gasteiger partial charge in [-0.2, -0.15) is 0 Å². The number of carbonyl (C=O) groups excluding carboxylic acids is 1. The number of aliphatic imine (C=N–C) groups is 3. The van der Waals surface area contributed by atoms with Gasteiger partial charge in [-0.25, -0.2) is 4.99 Å². The molecule has 5 atom stereocenters. The fourth-order valence-corrected chi connectivity index (χ4v) is 10.7. The smallest absolute Gasteiger partial charge is 0.240 e. The van der Waals surface area contributed by atoms with Gasteiger partial charge in [0.25, 0.3) is 0 Å². The lowest BCUT2D eigenvalue weighted by molar-refractivity contribution is -0.135. The molecule has 4 aliphatic rings. The van der Waals surface area contributed by atoms with E-state index in [0.29, 0.717) is 5.92 Å². The molecular formula is C49H66N6O3S2. The molecule has 11 heteroatoms. The second-order valence-electron chi connectivity index (χ2n) is 17.5. The van der Waals surface area contributed by atoms with Gasteiger partial charge in [0.05, 0.1) is 42.7 Å². The molecule has 5 unspecified atom stereocenters. The molecule has 60 heavy (non-hydrogen) atoms. The van der Waals surface area contributed by atoms with Crippen molar-refractivity contribution in [1.82, 2.24) is 15.1 Å². The van der Waals surface area contributed by atoms with Crippen LogP contribution < -0.4 is 5.32 Å². The predicted molar refractivity (Wildman–Crippen MR) is 254 cm³/mol. The van der Waals surface area contributed by atoms with Crippen molar-refractivity contribution in [3.8, 4) is 20.9 Å². The summed E-state index contributed by atoms with van der Waals surface area (Å²) in [6.45, 7) is 17.0. The van der Waals surface area contributed by atoms with Crippen LogP contribution in [0.1, 0.15) is 104 Å². The number of nitrogens with one attached hydrogen (secondary N) is 1. The Balaban J connectivity index is 1.06. The van der Waals surface area contributed by atoms with E-state index >= 15 is 0 Å². The lowest BCUT2D eigenvalue weighted by atomic mass is 9.98. The van der Waals surface area contributed by atoms with Crippen molar-refractivity contribution in [3.63, 3.8) is 0 Å². The van der Waals surface area contributed by atoms with E-state index in [2.05, 4.69) is 117 Å². The number of carbonyl (C=O) groups is 1. The molecule has 9 nitrogen and oxygen atoms in total. The zero-order valence-electron chi connectivity index (χ0n) is 36.9. The van der Waals surface area contributed by atoms with Gasteiger partial charge >= 0.3 is 0 Å². The van der Waals surface area contributed by atoms with Crippen LogP contribution in [0.5, 0.6) is 0 Å². The number of fused-ring (bicyclic) bond motifs is 2. The molecule has 1 aromatic heterocycles. The molecule has 4 aliphatic heterocycles. The van der Waals surface area contributed by atoms with Crippen molar-refractivity contribution < 1.29 is 14.3 Å². The van der Waals surface area contributed by atoms with E-state index < -0.39 is 5.56 Å². The molecule has 0 saturated carbocycles. The highest BCUT2D eigenvalue weighted by Crippen LogP contribution is 2.40. The van der Waals surface area contributed by atoms with E-state index in [4.69, 9.17) is 24.5 Å². The number of thiol groups is 1. The molecule has 322 valence electrons. The van der Waals surface area contributed by atoms with E-state index in [9.17, 15) is 4.79 Å². The quantitative estimate of drug-likeness (QED) is 0.0730. The monoisotopic (exact) mass is 850 g/mol. The largest absolute Gasteiger partial charge is 0.484 e. The lowest BCUT2D eigenvalue weighted by Gasteiger charge is -2.34. The number of ether oxygens (including phenoxy) is 2. The molecule has 3 aromatic rings. The first-order valence-corrected chi connectivity index (χ1v) is 23.7. The van der Waals surface area contributed by atoms with E-state index in [0.717, 1.165) is 112 Å². The van der Waals surface area contributed by atoms with Crippen LogP contribution in [-0.4, -0.2) is 90.1 Å². The highest BCUT2D eigenvalue weighted by atomic mass is 32.1. The molecule has 1 N–H and O–H groups in total. The summed E-state index contributed by atoms with van der Waals surface area (Å²) in [6.07, 6.45) is 10.9. The summed E-state index contributed by atoms with van der Waals surface area (Å²) in [7, 11) is 3.31. The molecule has 2 aromatic carbocycles. The fourth-order valence-electron chi connectivity index (χ4n) is 9.57. The second-order valence-corrected chi connectivity index (χ2v) is 19.1. The minimum Gasteiger partial charge on any atom is -0.484 e. The molecule has 2 fully saturated rings. The van der Waals surface area contributed by atoms with E-state index in [1.807, 2.05) is 11.3 Å². The number of thiophene rings is 1. The second kappa shape index (κ2) is 20.0. The van der Waals surface area contributed by atoms with Crippen LogP contribution in [0, 0.1) is 11.8 Å². The number of hydrogen-bond acceptors (Lipinski definition) is 10. The summed E-state index contributed by atoms with van der Waals surface area (Å²) >= 11 is 6.30. The minimum atomic E-state index is -0.495. The van der Waals surface area contributed by atoms with Crippen molar-refractivity contribution in [2.45, 2.75) is 135 Å². The van der Waals surface area contributed by atoms with Crippen molar-refractivity contribution in [2.24, 2.45) is 26.8 Å². The Labute approximate surface area is 368 Å². The number of methoxy groups -OCH3 is 2.